The molecule has 4 nitrogen and oxygen atoms in total. The summed E-state index contributed by atoms with van der Waals surface area (Å²) in [6.45, 7) is 3.97. The molecule has 0 aliphatic carbocycles. The highest BCUT2D eigenvalue weighted by Gasteiger charge is 2.43. The van der Waals surface area contributed by atoms with Crippen LogP contribution in [-0.2, 0) is 19.1 Å². The monoisotopic (exact) mass is 240 g/mol. The number of esters is 2. The zero-order valence-corrected chi connectivity index (χ0v) is 8.76. The average molecular weight is 240 g/mol. The van der Waals surface area contributed by atoms with E-state index in [1.165, 1.54) is 0 Å². The lowest BCUT2D eigenvalue weighted by molar-refractivity contribution is -0.219. The normalized spacial score (nSPS) is 12.8. The smallest absolute Gasteiger partial charge is 0.425 e. The first kappa shape index (κ1) is 14.5. The fraction of sp³-hybridized carbons (Fsp3) is 0.556. The van der Waals surface area contributed by atoms with Crippen molar-refractivity contribution < 1.29 is 32.2 Å². The predicted octanol–water partition coefficient (Wildman–Crippen LogP) is 1.60. The van der Waals surface area contributed by atoms with Crippen LogP contribution < -0.4 is 0 Å². The first-order valence-corrected chi connectivity index (χ1v) is 4.18. The van der Waals surface area contributed by atoms with E-state index in [2.05, 4.69) is 16.1 Å². The number of hydrogen-bond acceptors (Lipinski definition) is 4. The van der Waals surface area contributed by atoms with Gasteiger partial charge in [-0.1, -0.05) is 6.58 Å². The topological polar surface area (TPSA) is 52.6 Å². The molecule has 0 saturated heterocycles. The molecule has 92 valence electrons. The minimum absolute atomic E-state index is 0.411. The van der Waals surface area contributed by atoms with Crippen molar-refractivity contribution in [1.82, 2.24) is 0 Å². The molecule has 0 aliphatic heterocycles. The van der Waals surface area contributed by atoms with Gasteiger partial charge in [0.15, 0.2) is 0 Å². The summed E-state index contributed by atoms with van der Waals surface area (Å²) in [5.74, 6) is -2.05. The standard InChI is InChI=1S/C9H11F3O4/c1-5(8(14)15-3)4-7(9(10,11)12)16-6(2)13/h7H,1,4H2,2-3H3/t7-/m1/s1. The van der Waals surface area contributed by atoms with Crippen molar-refractivity contribution in [3.8, 4) is 0 Å². The summed E-state index contributed by atoms with van der Waals surface area (Å²) >= 11 is 0. The van der Waals surface area contributed by atoms with E-state index in [4.69, 9.17) is 0 Å². The van der Waals surface area contributed by atoms with Crippen LogP contribution >= 0.6 is 0 Å². The molecule has 0 heterocycles. The second-order valence-electron chi connectivity index (χ2n) is 2.94. The minimum Gasteiger partial charge on any atom is -0.466 e. The van der Waals surface area contributed by atoms with Crippen LogP contribution in [0, 0.1) is 0 Å². The van der Waals surface area contributed by atoms with Crippen molar-refractivity contribution in [2.24, 2.45) is 0 Å². The number of carbonyl (C=O) groups excluding carboxylic acids is 2. The maximum absolute atomic E-state index is 12.3. The molecule has 0 saturated carbocycles. The molecule has 1 atom stereocenters. The van der Waals surface area contributed by atoms with E-state index in [9.17, 15) is 22.8 Å². The zero-order valence-electron chi connectivity index (χ0n) is 8.76. The van der Waals surface area contributed by atoms with Gasteiger partial charge < -0.3 is 9.47 Å². The summed E-state index contributed by atoms with van der Waals surface area (Å²) < 4.78 is 45.2. The number of hydrogen-bond donors (Lipinski definition) is 0. The van der Waals surface area contributed by atoms with Gasteiger partial charge in [0.05, 0.1) is 7.11 Å². The first-order valence-electron chi connectivity index (χ1n) is 4.18. The number of carbonyl (C=O) groups is 2. The van der Waals surface area contributed by atoms with Crippen LogP contribution in [-0.4, -0.2) is 31.3 Å². The Balaban J connectivity index is 4.62. The Morgan fingerprint density at radius 1 is 1.38 bits per heavy atom. The molecule has 0 aliphatic rings. The number of halogens is 3. The van der Waals surface area contributed by atoms with Gasteiger partial charge in [0.1, 0.15) is 0 Å². The Morgan fingerprint density at radius 3 is 2.19 bits per heavy atom. The zero-order chi connectivity index (χ0) is 12.9. The summed E-state index contributed by atoms with van der Waals surface area (Å²) in [5.41, 5.74) is -0.411. The molecule has 0 spiro atoms. The molecule has 0 radical (unpaired) electrons. The summed E-state index contributed by atoms with van der Waals surface area (Å²) in [7, 11) is 1.02. The second-order valence-corrected chi connectivity index (χ2v) is 2.94. The van der Waals surface area contributed by atoms with Crippen LogP contribution in [0.2, 0.25) is 0 Å². The molecule has 0 rings (SSSR count). The van der Waals surface area contributed by atoms with Gasteiger partial charge in [0.2, 0.25) is 6.10 Å². The van der Waals surface area contributed by atoms with Gasteiger partial charge in [0, 0.05) is 18.9 Å². The van der Waals surface area contributed by atoms with Crippen molar-refractivity contribution in [2.75, 3.05) is 7.11 Å². The molecule has 0 aromatic heterocycles. The van der Waals surface area contributed by atoms with Crippen LogP contribution in [0.15, 0.2) is 12.2 Å². The quantitative estimate of drug-likeness (QED) is 0.553. The molecule has 0 aromatic carbocycles. The van der Waals surface area contributed by atoms with E-state index in [0.29, 0.717) is 0 Å². The van der Waals surface area contributed by atoms with Gasteiger partial charge in [-0.2, -0.15) is 13.2 Å². The van der Waals surface area contributed by atoms with Crippen molar-refractivity contribution in [3.05, 3.63) is 12.2 Å². The fourth-order valence-electron chi connectivity index (χ4n) is 0.876. The van der Waals surface area contributed by atoms with Crippen LogP contribution in [0.4, 0.5) is 13.2 Å². The number of alkyl halides is 3. The van der Waals surface area contributed by atoms with E-state index in [0.717, 1.165) is 14.0 Å². The van der Waals surface area contributed by atoms with Gasteiger partial charge >= 0.3 is 18.1 Å². The van der Waals surface area contributed by atoms with E-state index < -0.39 is 36.2 Å². The number of ether oxygens (including phenoxy) is 2. The number of methoxy groups -OCH3 is 1. The molecule has 0 N–H and O–H groups in total. The summed E-state index contributed by atoms with van der Waals surface area (Å²) in [6, 6.07) is 0. The third-order valence-corrected chi connectivity index (χ3v) is 1.58. The van der Waals surface area contributed by atoms with Crippen LogP contribution in [0.3, 0.4) is 0 Å². The van der Waals surface area contributed by atoms with Crippen molar-refractivity contribution in [1.29, 1.82) is 0 Å². The molecule has 16 heavy (non-hydrogen) atoms. The second kappa shape index (κ2) is 5.53. The lowest BCUT2D eigenvalue weighted by Gasteiger charge is -2.20. The molecular formula is C9H11F3O4. The number of rotatable bonds is 4. The largest absolute Gasteiger partial charge is 0.466 e. The van der Waals surface area contributed by atoms with Gasteiger partial charge in [-0.05, 0) is 0 Å². The van der Waals surface area contributed by atoms with Crippen molar-refractivity contribution >= 4 is 11.9 Å². The van der Waals surface area contributed by atoms with E-state index >= 15 is 0 Å². The highest BCUT2D eigenvalue weighted by atomic mass is 19.4. The van der Waals surface area contributed by atoms with Gasteiger partial charge in [-0.15, -0.1) is 0 Å². The van der Waals surface area contributed by atoms with Crippen LogP contribution in [0.25, 0.3) is 0 Å². The highest BCUT2D eigenvalue weighted by molar-refractivity contribution is 5.87. The lowest BCUT2D eigenvalue weighted by Crippen LogP contribution is -2.34. The summed E-state index contributed by atoms with van der Waals surface area (Å²) in [5, 5.41) is 0. The lowest BCUT2D eigenvalue weighted by atomic mass is 10.1. The molecule has 0 bridgehead atoms. The van der Waals surface area contributed by atoms with Crippen LogP contribution in [0.5, 0.6) is 0 Å². The van der Waals surface area contributed by atoms with E-state index in [1.807, 2.05) is 0 Å². The summed E-state index contributed by atoms with van der Waals surface area (Å²) in [6.07, 6.45) is -7.96. The molecule has 0 aromatic rings. The van der Waals surface area contributed by atoms with Gasteiger partial charge in [-0.3, -0.25) is 4.79 Å². The highest BCUT2D eigenvalue weighted by Crippen LogP contribution is 2.27. The average Bonchev–Trinajstić information content (AvgIpc) is 2.13. The predicted molar refractivity (Wildman–Crippen MR) is 47.4 cm³/mol. The Kier molecular flexibility index (Phi) is 5.00. The molecule has 7 heteroatoms. The Bertz CT molecular complexity index is 296. The van der Waals surface area contributed by atoms with E-state index in [-0.39, 0.29) is 0 Å². The van der Waals surface area contributed by atoms with E-state index in [1.54, 1.807) is 0 Å². The third kappa shape index (κ3) is 4.81. The van der Waals surface area contributed by atoms with Gasteiger partial charge in [0.25, 0.3) is 0 Å². The molecular weight excluding hydrogens is 229 g/mol. The van der Waals surface area contributed by atoms with Crippen molar-refractivity contribution in [3.63, 3.8) is 0 Å². The molecule has 0 fully saturated rings. The third-order valence-electron chi connectivity index (χ3n) is 1.58. The van der Waals surface area contributed by atoms with Crippen molar-refractivity contribution in [2.45, 2.75) is 25.6 Å². The minimum atomic E-state index is -4.75. The Morgan fingerprint density at radius 2 is 1.88 bits per heavy atom. The SMILES string of the molecule is C=C(C[C@@H](OC(C)=O)C(F)(F)F)C(=O)OC. The maximum atomic E-state index is 12.3. The van der Waals surface area contributed by atoms with Crippen LogP contribution in [0.1, 0.15) is 13.3 Å². The fourth-order valence-corrected chi connectivity index (χ4v) is 0.876. The molecule has 0 unspecified atom stereocenters. The Labute approximate surface area is 90.0 Å². The first-order chi connectivity index (χ1) is 7.18. The molecule has 0 amide bonds. The Hall–Kier alpha value is -1.53. The maximum Gasteiger partial charge on any atom is 0.425 e. The summed E-state index contributed by atoms with van der Waals surface area (Å²) in [4.78, 5) is 21.3. The van der Waals surface area contributed by atoms with Gasteiger partial charge in [-0.25, -0.2) is 4.79 Å².